The monoisotopic (exact) mass is 692 g/mol. The van der Waals surface area contributed by atoms with Crippen LogP contribution in [0, 0.1) is 27.7 Å². The van der Waals surface area contributed by atoms with Crippen LogP contribution in [0.2, 0.25) is 0 Å². The Balaban J connectivity index is 1.20. The van der Waals surface area contributed by atoms with Gasteiger partial charge in [-0.15, -0.1) is 0 Å². The van der Waals surface area contributed by atoms with Gasteiger partial charge in [0, 0.05) is 29.4 Å². The van der Waals surface area contributed by atoms with E-state index in [-0.39, 0.29) is 11.7 Å². The fourth-order valence-electron chi connectivity index (χ4n) is 7.43. The summed E-state index contributed by atoms with van der Waals surface area (Å²) in [6, 6.07) is 20.0. The number of ether oxygens (including phenoxy) is 2. The Kier molecular flexibility index (Phi) is 12.7. The van der Waals surface area contributed by atoms with Crippen molar-refractivity contribution in [2.45, 2.75) is 105 Å². The Bertz CT molecular complexity index is 1830. The van der Waals surface area contributed by atoms with E-state index >= 15 is 0 Å². The molecule has 1 heterocycles. The van der Waals surface area contributed by atoms with Crippen LogP contribution in [0.25, 0.3) is 0 Å². The number of fused-ring (bicyclic) bond motifs is 2. The predicted octanol–water partition coefficient (Wildman–Crippen LogP) is 10.3. The molecular weight excluding hydrogens is 636 g/mol. The summed E-state index contributed by atoms with van der Waals surface area (Å²) >= 11 is 0. The minimum atomic E-state index is -0.823. The summed E-state index contributed by atoms with van der Waals surface area (Å²) in [5.74, 6) is 1.79. The third-order valence-electron chi connectivity index (χ3n) is 10.3. The summed E-state index contributed by atoms with van der Waals surface area (Å²) in [5.41, 5.74) is 8.12. The van der Waals surface area contributed by atoms with Crippen LogP contribution < -0.4 is 15.4 Å². The van der Waals surface area contributed by atoms with Gasteiger partial charge in [0.2, 0.25) is 0 Å². The molecule has 4 aromatic rings. The summed E-state index contributed by atoms with van der Waals surface area (Å²) in [5, 5.41) is 27.8. The maximum absolute atomic E-state index is 13.8. The molecule has 7 nitrogen and oxygen atoms in total. The molecule has 0 bridgehead atoms. The Morgan fingerprint density at radius 2 is 1.43 bits per heavy atom. The summed E-state index contributed by atoms with van der Waals surface area (Å²) in [4.78, 5) is 13.8. The van der Waals surface area contributed by atoms with Crippen molar-refractivity contribution < 1.29 is 24.5 Å². The normalized spacial score (nSPS) is 14.8. The van der Waals surface area contributed by atoms with Crippen molar-refractivity contribution >= 4 is 11.7 Å². The molecule has 5 rings (SSSR count). The van der Waals surface area contributed by atoms with Crippen LogP contribution in [-0.4, -0.2) is 35.9 Å². The maximum Gasteiger partial charge on any atom is 0.338 e. The molecule has 0 aliphatic carbocycles. The fourth-order valence-corrected chi connectivity index (χ4v) is 7.43. The van der Waals surface area contributed by atoms with Gasteiger partial charge in [-0.1, -0.05) is 75.3 Å². The van der Waals surface area contributed by atoms with Gasteiger partial charge < -0.3 is 30.3 Å². The number of anilines is 1. The third-order valence-corrected chi connectivity index (χ3v) is 10.3. The van der Waals surface area contributed by atoms with Gasteiger partial charge >= 0.3 is 5.97 Å². The number of carbonyl (C=O) groups excluding carboxylic acids is 1. The molecule has 0 saturated heterocycles. The molecule has 0 amide bonds. The number of hydrogen-bond acceptors (Lipinski definition) is 7. The van der Waals surface area contributed by atoms with Gasteiger partial charge in [0.1, 0.15) is 28.5 Å². The standard InChI is InChI=1S/C44H56N2O5/c1-7-45-38-28-41-37(26-30(38)4)44(46-8-2,36-25-29(3)22-23-40(36)51-41)35-21-17-16-20-34(35)43(49)50-24-18-14-12-10-9-11-13-15-19-33-27-39(47)31(5)32(6)42(33)48/h16-17,20-23,25-28,45-48H,7-15,18-19,24H2,1-6H3. The first-order chi connectivity index (χ1) is 24.6. The van der Waals surface area contributed by atoms with Crippen LogP contribution in [0.5, 0.6) is 23.0 Å². The molecule has 1 aliphatic heterocycles. The predicted molar refractivity (Wildman–Crippen MR) is 207 cm³/mol. The molecule has 0 aromatic heterocycles. The molecular formula is C44H56N2O5. The molecule has 1 atom stereocenters. The number of hydrogen-bond donors (Lipinski definition) is 4. The van der Waals surface area contributed by atoms with Crippen LogP contribution in [0.3, 0.4) is 0 Å². The highest BCUT2D eigenvalue weighted by molar-refractivity contribution is 5.92. The lowest BCUT2D eigenvalue weighted by atomic mass is 9.72. The summed E-state index contributed by atoms with van der Waals surface area (Å²) in [7, 11) is 0. The van der Waals surface area contributed by atoms with Crippen LogP contribution in [0.15, 0.2) is 60.7 Å². The Morgan fingerprint density at radius 1 is 0.745 bits per heavy atom. The van der Waals surface area contributed by atoms with E-state index in [1.54, 1.807) is 6.07 Å². The van der Waals surface area contributed by atoms with Crippen LogP contribution in [0.1, 0.15) is 120 Å². The highest BCUT2D eigenvalue weighted by atomic mass is 16.5. The number of benzene rings is 4. The maximum atomic E-state index is 13.8. The number of aromatic hydroxyl groups is 2. The Hall–Kier alpha value is -4.49. The molecule has 272 valence electrons. The van der Waals surface area contributed by atoms with Crippen molar-refractivity contribution in [2.24, 2.45) is 0 Å². The van der Waals surface area contributed by atoms with E-state index in [9.17, 15) is 15.0 Å². The second-order valence-corrected chi connectivity index (χ2v) is 14.0. The Labute approximate surface area is 304 Å². The minimum Gasteiger partial charge on any atom is -0.508 e. The zero-order valence-electron chi connectivity index (χ0n) is 31.4. The van der Waals surface area contributed by atoms with Crippen molar-refractivity contribution in [3.8, 4) is 23.0 Å². The van der Waals surface area contributed by atoms with Gasteiger partial charge in [0.25, 0.3) is 0 Å². The number of rotatable bonds is 17. The van der Waals surface area contributed by atoms with E-state index in [0.29, 0.717) is 24.5 Å². The average molecular weight is 693 g/mol. The number of nitrogens with one attached hydrogen (secondary N) is 2. The first-order valence-electron chi connectivity index (χ1n) is 18.8. The van der Waals surface area contributed by atoms with Crippen molar-refractivity contribution in [1.82, 2.24) is 5.32 Å². The largest absolute Gasteiger partial charge is 0.508 e. The quantitative estimate of drug-likeness (QED) is 0.0496. The van der Waals surface area contributed by atoms with E-state index in [0.717, 1.165) is 126 Å². The fraction of sp³-hybridized carbons (Fsp3) is 0.432. The number of esters is 1. The molecule has 0 fully saturated rings. The molecule has 1 unspecified atom stereocenters. The van der Waals surface area contributed by atoms with E-state index in [4.69, 9.17) is 9.47 Å². The number of aryl methyl sites for hydroxylation is 3. The highest BCUT2D eigenvalue weighted by Crippen LogP contribution is 2.52. The lowest BCUT2D eigenvalue weighted by molar-refractivity contribution is 0.0494. The molecule has 51 heavy (non-hydrogen) atoms. The van der Waals surface area contributed by atoms with Gasteiger partial charge in [0.05, 0.1) is 12.2 Å². The Morgan fingerprint density at radius 3 is 2.16 bits per heavy atom. The second-order valence-electron chi connectivity index (χ2n) is 14.0. The third kappa shape index (κ3) is 8.20. The number of phenolic OH excluding ortho intramolecular Hbond substituents is 2. The SMILES string of the molecule is CCNc1cc2c(cc1C)C(NCC)(c1ccccc1C(=O)OCCCCCCCCCCc1cc(O)c(C)c(C)c1O)c1cc(C)ccc1O2. The first kappa shape index (κ1) is 37.8. The number of carbonyl (C=O) groups is 1. The lowest BCUT2D eigenvalue weighted by Crippen LogP contribution is -2.47. The second kappa shape index (κ2) is 17.1. The topological polar surface area (TPSA) is 100 Å². The van der Waals surface area contributed by atoms with E-state index < -0.39 is 5.54 Å². The first-order valence-corrected chi connectivity index (χ1v) is 18.8. The van der Waals surface area contributed by atoms with Crippen LogP contribution in [-0.2, 0) is 16.7 Å². The summed E-state index contributed by atoms with van der Waals surface area (Å²) in [6.45, 7) is 13.9. The van der Waals surface area contributed by atoms with E-state index in [2.05, 4.69) is 62.6 Å². The van der Waals surface area contributed by atoms with E-state index in [1.807, 2.05) is 44.2 Å². The minimum absolute atomic E-state index is 0.257. The van der Waals surface area contributed by atoms with Gasteiger partial charge in [-0.05, 0) is 119 Å². The van der Waals surface area contributed by atoms with Gasteiger partial charge in [-0.2, -0.15) is 0 Å². The molecule has 4 aromatic carbocycles. The smallest absolute Gasteiger partial charge is 0.338 e. The van der Waals surface area contributed by atoms with E-state index in [1.165, 1.54) is 0 Å². The molecule has 4 N–H and O–H groups in total. The zero-order chi connectivity index (χ0) is 36.5. The van der Waals surface area contributed by atoms with Gasteiger partial charge in [-0.25, -0.2) is 4.79 Å². The van der Waals surface area contributed by atoms with Crippen molar-refractivity contribution in [2.75, 3.05) is 25.0 Å². The van der Waals surface area contributed by atoms with Crippen LogP contribution in [0.4, 0.5) is 5.69 Å². The zero-order valence-corrected chi connectivity index (χ0v) is 31.4. The van der Waals surface area contributed by atoms with Crippen LogP contribution >= 0.6 is 0 Å². The molecule has 0 spiro atoms. The summed E-state index contributed by atoms with van der Waals surface area (Å²) in [6.07, 6.45) is 9.24. The molecule has 1 aliphatic rings. The average Bonchev–Trinajstić information content (AvgIpc) is 3.12. The number of unbranched alkanes of at least 4 members (excludes halogenated alkanes) is 7. The molecule has 7 heteroatoms. The number of phenols is 2. The molecule has 0 saturated carbocycles. The lowest BCUT2D eigenvalue weighted by Gasteiger charge is -2.42. The highest BCUT2D eigenvalue weighted by Gasteiger charge is 2.46. The van der Waals surface area contributed by atoms with Crippen molar-refractivity contribution in [3.05, 3.63) is 111 Å². The van der Waals surface area contributed by atoms with Gasteiger partial charge in [0.15, 0.2) is 0 Å². The van der Waals surface area contributed by atoms with Crippen molar-refractivity contribution in [3.63, 3.8) is 0 Å². The van der Waals surface area contributed by atoms with Crippen molar-refractivity contribution in [1.29, 1.82) is 0 Å². The molecule has 0 radical (unpaired) electrons. The summed E-state index contributed by atoms with van der Waals surface area (Å²) < 4.78 is 12.5. The van der Waals surface area contributed by atoms with Gasteiger partial charge in [-0.3, -0.25) is 0 Å².